The van der Waals surface area contributed by atoms with E-state index in [1.54, 1.807) is 0 Å². The second-order valence-corrected chi connectivity index (χ2v) is 3.25. The Kier molecular flexibility index (Phi) is 2.90. The Bertz CT molecular complexity index is 229. The average Bonchev–Trinajstić information content (AvgIpc) is 2.38. The lowest BCUT2D eigenvalue weighted by atomic mass is 9.93. The molecular formula is C10H17NO. The van der Waals surface area contributed by atoms with Gasteiger partial charge in [-0.1, -0.05) is 19.0 Å². The molecule has 2 nitrogen and oxygen atoms in total. The van der Waals surface area contributed by atoms with E-state index in [-0.39, 0.29) is 0 Å². The first-order valence-corrected chi connectivity index (χ1v) is 4.63. The van der Waals surface area contributed by atoms with E-state index in [1.165, 1.54) is 18.4 Å². The van der Waals surface area contributed by atoms with E-state index in [0.29, 0.717) is 5.92 Å². The Labute approximate surface area is 74.0 Å². The molecule has 0 spiro atoms. The molecule has 0 aromatic carbocycles. The van der Waals surface area contributed by atoms with Gasteiger partial charge in [0, 0.05) is 5.56 Å². The molecule has 0 aliphatic heterocycles. The van der Waals surface area contributed by atoms with Crippen molar-refractivity contribution in [3.05, 3.63) is 17.0 Å². The highest BCUT2D eigenvalue weighted by molar-refractivity contribution is 5.25. The summed E-state index contributed by atoms with van der Waals surface area (Å²) in [5.74, 6) is 1.61. The summed E-state index contributed by atoms with van der Waals surface area (Å²) in [4.78, 5) is 0. The number of hydrogen-bond acceptors (Lipinski definition) is 2. The van der Waals surface area contributed by atoms with Crippen LogP contribution in [0.1, 0.15) is 49.6 Å². The molecule has 1 heterocycles. The SMILES string of the molecule is CCC(CC)c1c(C)noc1C. The fourth-order valence-electron chi connectivity index (χ4n) is 1.77. The van der Waals surface area contributed by atoms with E-state index in [4.69, 9.17) is 4.52 Å². The minimum atomic E-state index is 0.622. The molecule has 0 saturated carbocycles. The largest absolute Gasteiger partial charge is 0.361 e. The molecule has 1 rings (SSSR count). The zero-order valence-corrected chi connectivity index (χ0v) is 8.35. The molecule has 68 valence electrons. The first-order chi connectivity index (χ1) is 5.70. The standard InChI is InChI=1S/C10H17NO/c1-5-9(6-2)10-7(3)11-12-8(10)4/h9H,5-6H2,1-4H3. The second-order valence-electron chi connectivity index (χ2n) is 3.25. The van der Waals surface area contributed by atoms with E-state index in [9.17, 15) is 0 Å². The molecule has 0 fully saturated rings. The Balaban J connectivity index is 2.98. The van der Waals surface area contributed by atoms with E-state index >= 15 is 0 Å². The molecular weight excluding hydrogens is 150 g/mol. The summed E-state index contributed by atoms with van der Waals surface area (Å²) in [5.41, 5.74) is 2.38. The van der Waals surface area contributed by atoms with Gasteiger partial charge < -0.3 is 4.52 Å². The first kappa shape index (κ1) is 9.30. The molecule has 0 saturated heterocycles. The highest BCUT2D eigenvalue weighted by Crippen LogP contribution is 2.28. The van der Waals surface area contributed by atoms with Crippen molar-refractivity contribution in [2.75, 3.05) is 0 Å². The molecule has 12 heavy (non-hydrogen) atoms. The number of aryl methyl sites for hydroxylation is 2. The van der Waals surface area contributed by atoms with Gasteiger partial charge in [0.1, 0.15) is 5.76 Å². The molecule has 0 atom stereocenters. The average molecular weight is 167 g/mol. The molecule has 1 aromatic heterocycles. The fourth-order valence-corrected chi connectivity index (χ4v) is 1.77. The molecule has 0 bridgehead atoms. The van der Waals surface area contributed by atoms with Crippen molar-refractivity contribution in [1.82, 2.24) is 5.16 Å². The molecule has 0 amide bonds. The minimum absolute atomic E-state index is 0.622. The summed E-state index contributed by atoms with van der Waals surface area (Å²) in [6, 6.07) is 0. The molecule has 0 unspecified atom stereocenters. The summed E-state index contributed by atoms with van der Waals surface area (Å²) in [7, 11) is 0. The maximum Gasteiger partial charge on any atom is 0.137 e. The monoisotopic (exact) mass is 167 g/mol. The quantitative estimate of drug-likeness (QED) is 0.691. The van der Waals surface area contributed by atoms with Gasteiger partial charge in [0.25, 0.3) is 0 Å². The molecule has 1 aromatic rings. The molecule has 0 radical (unpaired) electrons. The summed E-state index contributed by atoms with van der Waals surface area (Å²) in [6.45, 7) is 8.43. The topological polar surface area (TPSA) is 26.0 Å². The number of hydrogen-bond donors (Lipinski definition) is 0. The maximum absolute atomic E-state index is 5.13. The van der Waals surface area contributed by atoms with Crippen molar-refractivity contribution in [2.45, 2.75) is 46.5 Å². The predicted octanol–water partition coefficient (Wildman–Crippen LogP) is 3.20. The lowest BCUT2D eigenvalue weighted by Gasteiger charge is -2.10. The van der Waals surface area contributed by atoms with Gasteiger partial charge in [-0.2, -0.15) is 0 Å². The van der Waals surface area contributed by atoms with E-state index in [1.807, 2.05) is 13.8 Å². The second kappa shape index (κ2) is 3.74. The van der Waals surface area contributed by atoms with E-state index in [2.05, 4.69) is 19.0 Å². The van der Waals surface area contributed by atoms with Crippen LogP contribution < -0.4 is 0 Å². The van der Waals surface area contributed by atoms with Crippen molar-refractivity contribution >= 4 is 0 Å². The zero-order valence-electron chi connectivity index (χ0n) is 8.35. The highest BCUT2D eigenvalue weighted by Gasteiger charge is 2.16. The molecule has 0 aliphatic carbocycles. The van der Waals surface area contributed by atoms with Crippen LogP contribution in [-0.4, -0.2) is 5.16 Å². The molecule has 0 aliphatic rings. The van der Waals surface area contributed by atoms with Gasteiger partial charge in [-0.15, -0.1) is 0 Å². The number of rotatable bonds is 3. The van der Waals surface area contributed by atoms with Crippen molar-refractivity contribution in [3.63, 3.8) is 0 Å². The zero-order chi connectivity index (χ0) is 9.14. The van der Waals surface area contributed by atoms with Crippen LogP contribution in [0.5, 0.6) is 0 Å². The third kappa shape index (κ3) is 1.52. The Morgan fingerprint density at radius 1 is 1.25 bits per heavy atom. The molecule has 0 N–H and O–H groups in total. The number of aromatic nitrogens is 1. The van der Waals surface area contributed by atoms with Crippen LogP contribution in [0.15, 0.2) is 4.52 Å². The fraction of sp³-hybridized carbons (Fsp3) is 0.700. The molecule has 2 heteroatoms. The van der Waals surface area contributed by atoms with Gasteiger partial charge in [-0.25, -0.2) is 0 Å². The summed E-state index contributed by atoms with van der Waals surface area (Å²) in [5, 5.41) is 3.96. The Morgan fingerprint density at radius 3 is 2.17 bits per heavy atom. The van der Waals surface area contributed by atoms with E-state index < -0.39 is 0 Å². The normalized spacial score (nSPS) is 11.1. The smallest absolute Gasteiger partial charge is 0.137 e. The van der Waals surface area contributed by atoms with Crippen LogP contribution in [0.3, 0.4) is 0 Å². The van der Waals surface area contributed by atoms with Gasteiger partial charge >= 0.3 is 0 Å². The Morgan fingerprint density at radius 2 is 1.83 bits per heavy atom. The van der Waals surface area contributed by atoms with Crippen LogP contribution in [-0.2, 0) is 0 Å². The van der Waals surface area contributed by atoms with Gasteiger partial charge in [0.05, 0.1) is 5.69 Å². The van der Waals surface area contributed by atoms with Crippen LogP contribution in [0.25, 0.3) is 0 Å². The predicted molar refractivity (Wildman–Crippen MR) is 49.3 cm³/mol. The number of nitrogens with zero attached hydrogens (tertiary/aromatic N) is 1. The van der Waals surface area contributed by atoms with Crippen molar-refractivity contribution in [3.8, 4) is 0 Å². The van der Waals surface area contributed by atoms with Crippen LogP contribution in [0, 0.1) is 13.8 Å². The summed E-state index contributed by atoms with van der Waals surface area (Å²) >= 11 is 0. The Hall–Kier alpha value is -0.790. The third-order valence-electron chi connectivity index (χ3n) is 2.48. The highest BCUT2D eigenvalue weighted by atomic mass is 16.5. The van der Waals surface area contributed by atoms with Crippen molar-refractivity contribution in [2.24, 2.45) is 0 Å². The summed E-state index contributed by atoms with van der Waals surface area (Å²) < 4.78 is 5.13. The summed E-state index contributed by atoms with van der Waals surface area (Å²) in [6.07, 6.45) is 2.33. The van der Waals surface area contributed by atoms with Gasteiger partial charge in [0.2, 0.25) is 0 Å². The van der Waals surface area contributed by atoms with Gasteiger partial charge in [-0.3, -0.25) is 0 Å². The van der Waals surface area contributed by atoms with Crippen molar-refractivity contribution in [1.29, 1.82) is 0 Å². The van der Waals surface area contributed by atoms with E-state index in [0.717, 1.165) is 11.5 Å². The van der Waals surface area contributed by atoms with Crippen LogP contribution in [0.4, 0.5) is 0 Å². The van der Waals surface area contributed by atoms with Gasteiger partial charge in [-0.05, 0) is 32.6 Å². The van der Waals surface area contributed by atoms with Crippen LogP contribution in [0.2, 0.25) is 0 Å². The van der Waals surface area contributed by atoms with Crippen molar-refractivity contribution < 1.29 is 4.52 Å². The van der Waals surface area contributed by atoms with Crippen LogP contribution >= 0.6 is 0 Å². The minimum Gasteiger partial charge on any atom is -0.361 e. The first-order valence-electron chi connectivity index (χ1n) is 4.63. The third-order valence-corrected chi connectivity index (χ3v) is 2.48. The lowest BCUT2D eigenvalue weighted by molar-refractivity contribution is 0.391. The lowest BCUT2D eigenvalue weighted by Crippen LogP contribution is -1.97. The van der Waals surface area contributed by atoms with Gasteiger partial charge in [0.15, 0.2) is 0 Å². The maximum atomic E-state index is 5.13.